The van der Waals surface area contributed by atoms with E-state index in [1.54, 1.807) is 16.3 Å². The molecule has 5 atom stereocenters. The summed E-state index contributed by atoms with van der Waals surface area (Å²) >= 11 is 2.92. The van der Waals surface area contributed by atoms with Crippen molar-refractivity contribution < 1.29 is 17.6 Å². The molecule has 0 spiro atoms. The van der Waals surface area contributed by atoms with Gasteiger partial charge in [0, 0.05) is 21.7 Å². The van der Waals surface area contributed by atoms with E-state index in [-0.39, 0.29) is 34.0 Å². The second kappa shape index (κ2) is 8.83. The zero-order valence-corrected chi connectivity index (χ0v) is 21.5. The summed E-state index contributed by atoms with van der Waals surface area (Å²) in [4.78, 5) is 26.7. The van der Waals surface area contributed by atoms with E-state index in [4.69, 9.17) is 5.14 Å². The van der Waals surface area contributed by atoms with Crippen LogP contribution in [0.2, 0.25) is 0 Å². The van der Waals surface area contributed by atoms with Gasteiger partial charge in [0.1, 0.15) is 12.4 Å². The minimum absolute atomic E-state index is 0.0231. The Balaban J connectivity index is 1.31. The van der Waals surface area contributed by atoms with Crippen molar-refractivity contribution in [1.82, 2.24) is 4.57 Å². The van der Waals surface area contributed by atoms with Crippen LogP contribution in [-0.4, -0.2) is 24.1 Å². The molecule has 36 heavy (non-hydrogen) atoms. The van der Waals surface area contributed by atoms with Crippen LogP contribution >= 0.6 is 23.1 Å². The molecule has 5 unspecified atom stereocenters. The topological polar surface area (TPSA) is 111 Å². The molecule has 0 radical (unpaired) electrons. The Morgan fingerprint density at radius 2 is 1.78 bits per heavy atom. The zero-order valence-electron chi connectivity index (χ0n) is 19.1. The maximum absolute atomic E-state index is 13.7. The van der Waals surface area contributed by atoms with E-state index in [1.807, 2.05) is 12.1 Å². The van der Waals surface area contributed by atoms with Gasteiger partial charge in [-0.25, -0.2) is 17.9 Å². The van der Waals surface area contributed by atoms with Gasteiger partial charge in [-0.3, -0.25) is 14.2 Å². The lowest BCUT2D eigenvalue weighted by Gasteiger charge is -2.40. The number of aromatic nitrogens is 1. The maximum Gasteiger partial charge on any atom is 0.308 e. The number of rotatable bonds is 5. The van der Waals surface area contributed by atoms with Gasteiger partial charge in [-0.2, -0.15) is 0 Å². The Morgan fingerprint density at radius 3 is 2.47 bits per heavy atom. The third-order valence-electron chi connectivity index (χ3n) is 7.69. The first-order chi connectivity index (χ1) is 17.2. The number of carbonyl (C=O) groups is 1. The molecular weight excluding hydrogens is 521 g/mol. The summed E-state index contributed by atoms with van der Waals surface area (Å²) in [7, 11) is -3.83. The number of anilines is 1. The second-order valence-corrected chi connectivity index (χ2v) is 13.5. The Morgan fingerprint density at radius 1 is 1.08 bits per heavy atom. The number of fused-ring (bicyclic) bond motifs is 6. The van der Waals surface area contributed by atoms with E-state index in [1.165, 1.54) is 67.0 Å². The van der Waals surface area contributed by atoms with E-state index in [2.05, 4.69) is 5.32 Å². The van der Waals surface area contributed by atoms with Gasteiger partial charge in [0.05, 0.1) is 9.92 Å². The van der Waals surface area contributed by atoms with E-state index < -0.39 is 10.0 Å². The fourth-order valence-corrected chi connectivity index (χ4v) is 9.87. The first kappa shape index (κ1) is 23.9. The standard InChI is InChI=1S/C25H24FN3O4S3/c26-16-5-3-13(4-6-16)20-21-14-1-2-15(11-14)22(21)34-24-23(20)35-25(31)29(24)12-19(30)28-17-7-9-18(10-8-17)36(27,32)33/h3-10,14-15,20-22H,1-2,11-12H2,(H,28,30)(H2,27,32,33). The highest BCUT2D eigenvalue weighted by Crippen LogP contribution is 2.64. The maximum atomic E-state index is 13.7. The molecule has 2 heterocycles. The normalized spacial score (nSPS) is 26.4. The Kier molecular flexibility index (Phi) is 5.86. The van der Waals surface area contributed by atoms with Gasteiger partial charge in [-0.05, 0) is 79.0 Å². The van der Waals surface area contributed by atoms with Crippen LogP contribution in [0, 0.1) is 23.6 Å². The van der Waals surface area contributed by atoms with Gasteiger partial charge in [0.2, 0.25) is 15.9 Å². The summed E-state index contributed by atoms with van der Waals surface area (Å²) < 4.78 is 38.2. The van der Waals surface area contributed by atoms with Gasteiger partial charge in [-0.15, -0.1) is 11.8 Å². The van der Waals surface area contributed by atoms with E-state index in [0.717, 1.165) is 15.5 Å². The van der Waals surface area contributed by atoms with Crippen LogP contribution in [0.15, 0.2) is 63.2 Å². The van der Waals surface area contributed by atoms with Gasteiger partial charge in [0.25, 0.3) is 0 Å². The summed E-state index contributed by atoms with van der Waals surface area (Å²) in [6, 6.07) is 12.2. The van der Waals surface area contributed by atoms with Crippen LogP contribution in [0.1, 0.15) is 35.6 Å². The highest BCUT2D eigenvalue weighted by Gasteiger charge is 2.55. The summed E-state index contributed by atoms with van der Waals surface area (Å²) in [5.41, 5.74) is 1.43. The Hall–Kier alpha value is -2.47. The quantitative estimate of drug-likeness (QED) is 0.504. The van der Waals surface area contributed by atoms with Crippen molar-refractivity contribution in [2.24, 2.45) is 22.9 Å². The van der Waals surface area contributed by atoms with Crippen LogP contribution < -0.4 is 15.3 Å². The number of nitrogens with two attached hydrogens (primary N) is 1. The first-order valence-corrected chi connectivity index (χ1v) is 15.0. The lowest BCUT2D eigenvalue weighted by Crippen LogP contribution is -2.34. The van der Waals surface area contributed by atoms with Gasteiger partial charge in [0.15, 0.2) is 0 Å². The molecule has 2 saturated carbocycles. The molecule has 3 aliphatic rings. The predicted octanol–water partition coefficient (Wildman–Crippen LogP) is 3.99. The van der Waals surface area contributed by atoms with Gasteiger partial charge in [-0.1, -0.05) is 23.5 Å². The number of hydrogen-bond acceptors (Lipinski definition) is 6. The van der Waals surface area contributed by atoms with Crippen molar-refractivity contribution in [3.8, 4) is 0 Å². The summed E-state index contributed by atoms with van der Waals surface area (Å²) in [6.07, 6.45) is 3.57. The average Bonchev–Trinajstić information content (AvgIpc) is 3.53. The number of thioether (sulfide) groups is 1. The largest absolute Gasteiger partial charge is 0.325 e. The zero-order chi connectivity index (χ0) is 25.2. The fraction of sp³-hybridized carbons (Fsp3) is 0.360. The third kappa shape index (κ3) is 4.11. The number of benzene rings is 2. The smallest absolute Gasteiger partial charge is 0.308 e. The molecule has 2 fully saturated rings. The summed E-state index contributed by atoms with van der Waals surface area (Å²) in [6.45, 7) is -0.143. The molecule has 2 bridgehead atoms. The minimum Gasteiger partial charge on any atom is -0.325 e. The number of sulfonamides is 1. The van der Waals surface area contributed by atoms with E-state index >= 15 is 0 Å². The number of nitrogens with one attached hydrogen (secondary N) is 1. The number of hydrogen-bond donors (Lipinski definition) is 2. The van der Waals surface area contributed by atoms with Crippen molar-refractivity contribution in [2.45, 2.75) is 46.9 Å². The molecule has 1 aliphatic heterocycles. The summed E-state index contributed by atoms with van der Waals surface area (Å²) in [5, 5.41) is 9.08. The van der Waals surface area contributed by atoms with Crippen LogP contribution in [-0.2, 0) is 21.4 Å². The van der Waals surface area contributed by atoms with Gasteiger partial charge >= 0.3 is 4.87 Å². The molecule has 2 aliphatic carbocycles. The van der Waals surface area contributed by atoms with Gasteiger partial charge < -0.3 is 5.32 Å². The van der Waals surface area contributed by atoms with Crippen molar-refractivity contribution in [2.75, 3.05) is 5.32 Å². The number of nitrogens with zero attached hydrogens (tertiary/aromatic N) is 1. The highest BCUT2D eigenvalue weighted by molar-refractivity contribution is 8.00. The van der Waals surface area contributed by atoms with Crippen LogP contribution in [0.25, 0.3) is 0 Å². The average molecular weight is 546 g/mol. The highest BCUT2D eigenvalue weighted by atomic mass is 32.2. The second-order valence-electron chi connectivity index (χ2n) is 9.76. The van der Waals surface area contributed by atoms with E-state index in [0.29, 0.717) is 28.7 Å². The van der Waals surface area contributed by atoms with Crippen molar-refractivity contribution in [3.05, 3.63) is 74.5 Å². The van der Waals surface area contributed by atoms with Crippen molar-refractivity contribution >= 4 is 44.7 Å². The molecule has 3 aromatic rings. The van der Waals surface area contributed by atoms with Crippen LogP contribution in [0.5, 0.6) is 0 Å². The molecule has 3 N–H and O–H groups in total. The molecule has 2 aromatic carbocycles. The van der Waals surface area contributed by atoms with Crippen LogP contribution in [0.4, 0.5) is 10.1 Å². The number of primary sulfonamides is 1. The first-order valence-electron chi connectivity index (χ1n) is 11.8. The number of carbonyl (C=O) groups excluding carboxylic acids is 1. The monoisotopic (exact) mass is 545 g/mol. The molecule has 6 rings (SSSR count). The Bertz CT molecular complexity index is 1500. The number of halogens is 1. The molecule has 188 valence electrons. The summed E-state index contributed by atoms with van der Waals surface area (Å²) in [5.74, 6) is 0.961. The molecule has 1 aromatic heterocycles. The fourth-order valence-electron chi connectivity index (χ4n) is 6.20. The third-order valence-corrected chi connectivity index (χ3v) is 11.4. The lowest BCUT2D eigenvalue weighted by molar-refractivity contribution is -0.116. The number of thiazole rings is 1. The Labute approximate surface area is 216 Å². The molecule has 0 saturated heterocycles. The van der Waals surface area contributed by atoms with Crippen LogP contribution in [0.3, 0.4) is 0 Å². The molecule has 1 amide bonds. The molecular formula is C25H24FN3O4S3. The predicted molar refractivity (Wildman–Crippen MR) is 137 cm³/mol. The molecule has 7 nitrogen and oxygen atoms in total. The lowest BCUT2D eigenvalue weighted by atomic mass is 9.75. The SMILES string of the molecule is NS(=O)(=O)c1ccc(NC(=O)Cn2c3c(sc2=O)C(c2ccc(F)cc2)C2C4CCC(C4)C2S3)cc1. The minimum atomic E-state index is -3.83. The van der Waals surface area contributed by atoms with Crippen molar-refractivity contribution in [1.29, 1.82) is 0 Å². The van der Waals surface area contributed by atoms with E-state index in [9.17, 15) is 22.4 Å². The number of amides is 1. The van der Waals surface area contributed by atoms with Crippen molar-refractivity contribution in [3.63, 3.8) is 0 Å². The molecule has 11 heteroatoms.